The molecule has 0 saturated heterocycles. The minimum Gasteiger partial charge on any atom is -0.484 e. The van der Waals surface area contributed by atoms with Gasteiger partial charge in [0.1, 0.15) is 11.5 Å². The molecule has 0 spiro atoms. The standard InChI is InChI=1S/C18H18N2O4/c1-11-3-6-14(7-4-11)23-10-17(21)19-13-5-8-16-15(9-13)20-18(22)12(2)24-16/h3-9,12H,10H2,1-2H3,(H,19,21)(H,20,22). The Balaban J connectivity index is 1.59. The van der Waals surface area contributed by atoms with Crippen molar-refractivity contribution in [2.45, 2.75) is 20.0 Å². The van der Waals surface area contributed by atoms with Crippen LogP contribution in [0.5, 0.6) is 11.5 Å². The fraction of sp³-hybridized carbons (Fsp3) is 0.222. The summed E-state index contributed by atoms with van der Waals surface area (Å²) in [4.78, 5) is 23.6. The predicted molar refractivity (Wildman–Crippen MR) is 90.5 cm³/mol. The van der Waals surface area contributed by atoms with Crippen molar-refractivity contribution in [1.82, 2.24) is 0 Å². The van der Waals surface area contributed by atoms with Crippen LogP contribution in [0.2, 0.25) is 0 Å². The average Bonchev–Trinajstić information content (AvgIpc) is 2.56. The first-order chi connectivity index (χ1) is 11.5. The molecular formula is C18H18N2O4. The number of hydrogen-bond acceptors (Lipinski definition) is 4. The third-order valence-electron chi connectivity index (χ3n) is 3.59. The van der Waals surface area contributed by atoms with Crippen molar-refractivity contribution in [3.05, 3.63) is 48.0 Å². The topological polar surface area (TPSA) is 76.7 Å². The summed E-state index contributed by atoms with van der Waals surface area (Å²) >= 11 is 0. The van der Waals surface area contributed by atoms with E-state index in [4.69, 9.17) is 9.47 Å². The zero-order chi connectivity index (χ0) is 17.1. The molecule has 24 heavy (non-hydrogen) atoms. The van der Waals surface area contributed by atoms with Gasteiger partial charge in [-0.05, 0) is 44.2 Å². The number of carbonyl (C=O) groups excluding carboxylic acids is 2. The van der Waals surface area contributed by atoms with Crippen LogP contribution in [0.25, 0.3) is 0 Å². The van der Waals surface area contributed by atoms with Gasteiger partial charge in [-0.1, -0.05) is 17.7 Å². The maximum atomic E-state index is 12.0. The van der Waals surface area contributed by atoms with Crippen molar-refractivity contribution < 1.29 is 19.1 Å². The van der Waals surface area contributed by atoms with E-state index in [2.05, 4.69) is 10.6 Å². The van der Waals surface area contributed by atoms with Crippen LogP contribution < -0.4 is 20.1 Å². The van der Waals surface area contributed by atoms with Gasteiger partial charge in [-0.2, -0.15) is 0 Å². The number of aryl methyl sites for hydroxylation is 1. The van der Waals surface area contributed by atoms with E-state index in [-0.39, 0.29) is 18.4 Å². The van der Waals surface area contributed by atoms with Crippen LogP contribution in [-0.4, -0.2) is 24.5 Å². The lowest BCUT2D eigenvalue weighted by molar-refractivity contribution is -0.122. The molecule has 1 atom stereocenters. The largest absolute Gasteiger partial charge is 0.484 e. The predicted octanol–water partition coefficient (Wildman–Crippen LogP) is 2.73. The van der Waals surface area contributed by atoms with Crippen LogP contribution in [0.3, 0.4) is 0 Å². The van der Waals surface area contributed by atoms with E-state index >= 15 is 0 Å². The number of fused-ring (bicyclic) bond motifs is 1. The quantitative estimate of drug-likeness (QED) is 0.906. The Kier molecular flexibility index (Phi) is 4.37. The number of carbonyl (C=O) groups is 2. The Hall–Kier alpha value is -3.02. The summed E-state index contributed by atoms with van der Waals surface area (Å²) in [5.74, 6) is 0.715. The third kappa shape index (κ3) is 3.65. The van der Waals surface area contributed by atoms with Crippen molar-refractivity contribution in [3.8, 4) is 11.5 Å². The van der Waals surface area contributed by atoms with Crippen LogP contribution >= 0.6 is 0 Å². The molecule has 2 amide bonds. The highest BCUT2D eigenvalue weighted by atomic mass is 16.5. The van der Waals surface area contributed by atoms with E-state index in [1.165, 1.54) is 0 Å². The lowest BCUT2D eigenvalue weighted by Gasteiger charge is -2.23. The number of benzene rings is 2. The monoisotopic (exact) mass is 326 g/mol. The highest BCUT2D eigenvalue weighted by molar-refractivity contribution is 5.99. The number of nitrogens with one attached hydrogen (secondary N) is 2. The summed E-state index contributed by atoms with van der Waals surface area (Å²) in [7, 11) is 0. The normalized spacial score (nSPS) is 15.8. The zero-order valence-corrected chi connectivity index (χ0v) is 13.5. The van der Waals surface area contributed by atoms with Crippen LogP contribution in [-0.2, 0) is 9.59 Å². The zero-order valence-electron chi connectivity index (χ0n) is 13.5. The molecule has 2 aromatic rings. The minimum atomic E-state index is -0.527. The molecule has 2 N–H and O–H groups in total. The second-order valence-corrected chi connectivity index (χ2v) is 5.61. The number of amides is 2. The number of anilines is 2. The summed E-state index contributed by atoms with van der Waals surface area (Å²) in [5, 5.41) is 5.47. The maximum Gasteiger partial charge on any atom is 0.265 e. The molecule has 1 aliphatic rings. The van der Waals surface area contributed by atoms with Crippen LogP contribution in [0, 0.1) is 6.92 Å². The van der Waals surface area contributed by atoms with Gasteiger partial charge in [0.2, 0.25) is 0 Å². The molecule has 0 radical (unpaired) electrons. The van der Waals surface area contributed by atoms with Crippen molar-refractivity contribution in [2.24, 2.45) is 0 Å². The van der Waals surface area contributed by atoms with E-state index in [1.54, 1.807) is 25.1 Å². The maximum absolute atomic E-state index is 12.0. The minimum absolute atomic E-state index is 0.0972. The highest BCUT2D eigenvalue weighted by Gasteiger charge is 2.23. The molecule has 6 nitrogen and oxygen atoms in total. The molecule has 124 valence electrons. The van der Waals surface area contributed by atoms with E-state index in [9.17, 15) is 9.59 Å². The Bertz CT molecular complexity index is 771. The lowest BCUT2D eigenvalue weighted by Crippen LogP contribution is -2.34. The van der Waals surface area contributed by atoms with Crippen molar-refractivity contribution in [2.75, 3.05) is 17.2 Å². The lowest BCUT2D eigenvalue weighted by atomic mass is 10.2. The fourth-order valence-corrected chi connectivity index (χ4v) is 2.27. The van der Waals surface area contributed by atoms with Gasteiger partial charge in [0.05, 0.1) is 5.69 Å². The van der Waals surface area contributed by atoms with Gasteiger partial charge in [0, 0.05) is 5.69 Å². The van der Waals surface area contributed by atoms with Gasteiger partial charge in [-0.15, -0.1) is 0 Å². The van der Waals surface area contributed by atoms with Gasteiger partial charge in [-0.3, -0.25) is 9.59 Å². The van der Waals surface area contributed by atoms with Crippen molar-refractivity contribution in [3.63, 3.8) is 0 Å². The summed E-state index contributed by atoms with van der Waals surface area (Å²) in [6.07, 6.45) is -0.527. The summed E-state index contributed by atoms with van der Waals surface area (Å²) < 4.78 is 10.9. The van der Waals surface area contributed by atoms with Gasteiger partial charge >= 0.3 is 0 Å². The molecule has 1 heterocycles. The average molecular weight is 326 g/mol. The molecule has 6 heteroatoms. The summed E-state index contributed by atoms with van der Waals surface area (Å²) in [6.45, 7) is 3.56. The van der Waals surface area contributed by atoms with Crippen molar-refractivity contribution >= 4 is 23.2 Å². The second kappa shape index (κ2) is 6.62. The molecule has 0 aromatic heterocycles. The Morgan fingerprint density at radius 1 is 1.25 bits per heavy atom. The van der Waals surface area contributed by atoms with Gasteiger partial charge in [0.15, 0.2) is 12.7 Å². The molecule has 0 aliphatic carbocycles. The summed E-state index contributed by atoms with van der Waals surface area (Å²) in [6, 6.07) is 12.5. The van der Waals surface area contributed by atoms with E-state index < -0.39 is 6.10 Å². The summed E-state index contributed by atoms with van der Waals surface area (Å²) in [5.41, 5.74) is 2.22. The smallest absolute Gasteiger partial charge is 0.265 e. The van der Waals surface area contributed by atoms with E-state index in [0.717, 1.165) is 5.56 Å². The second-order valence-electron chi connectivity index (χ2n) is 5.61. The first-order valence-corrected chi connectivity index (χ1v) is 7.62. The van der Waals surface area contributed by atoms with Crippen LogP contribution in [0.4, 0.5) is 11.4 Å². The first-order valence-electron chi connectivity index (χ1n) is 7.62. The number of hydrogen-bond donors (Lipinski definition) is 2. The number of rotatable bonds is 4. The van der Waals surface area contributed by atoms with Crippen molar-refractivity contribution in [1.29, 1.82) is 0 Å². The molecule has 2 aromatic carbocycles. The highest BCUT2D eigenvalue weighted by Crippen LogP contribution is 2.32. The molecule has 1 unspecified atom stereocenters. The van der Waals surface area contributed by atoms with E-state index in [0.29, 0.717) is 22.9 Å². The number of ether oxygens (including phenoxy) is 2. The SMILES string of the molecule is Cc1ccc(OCC(=O)Nc2ccc3c(c2)NC(=O)C(C)O3)cc1. The fourth-order valence-electron chi connectivity index (χ4n) is 2.27. The van der Waals surface area contributed by atoms with Gasteiger partial charge in [-0.25, -0.2) is 0 Å². The third-order valence-corrected chi connectivity index (χ3v) is 3.59. The molecule has 1 aliphatic heterocycles. The Labute approximate surface area is 139 Å². The van der Waals surface area contributed by atoms with Crippen LogP contribution in [0.15, 0.2) is 42.5 Å². The molecular weight excluding hydrogens is 308 g/mol. The Morgan fingerprint density at radius 3 is 2.75 bits per heavy atom. The van der Waals surface area contributed by atoms with Crippen LogP contribution in [0.1, 0.15) is 12.5 Å². The first kappa shape index (κ1) is 15.9. The Morgan fingerprint density at radius 2 is 2.00 bits per heavy atom. The van der Waals surface area contributed by atoms with Gasteiger partial charge < -0.3 is 20.1 Å². The molecule has 0 bridgehead atoms. The molecule has 0 fully saturated rings. The van der Waals surface area contributed by atoms with Gasteiger partial charge in [0.25, 0.3) is 11.8 Å². The molecule has 3 rings (SSSR count). The molecule has 0 saturated carbocycles. The van der Waals surface area contributed by atoms with E-state index in [1.807, 2.05) is 31.2 Å².